The van der Waals surface area contributed by atoms with E-state index in [2.05, 4.69) is 166 Å². The summed E-state index contributed by atoms with van der Waals surface area (Å²) in [5, 5.41) is 0. The standard InChI is InChI=1S/C49H63BN2/c1-29(2)33-15-19-38(20-16-33)51-41-21-17-36(48(7,8)9)27-39(41)50-40-28-37(49(10,11)12)18-22-42(40)52(43-24-32-13-14-34(43)23-32)45-26-35(25-44(51)47(45)50)46(30(3)4)31(5)6/h15-22,25-32,34,43,46H,13-14,23-24H2,1-12H3. The van der Waals surface area contributed by atoms with Gasteiger partial charge in [0.1, 0.15) is 0 Å². The third-order valence-corrected chi connectivity index (χ3v) is 13.5. The molecule has 3 heteroatoms. The van der Waals surface area contributed by atoms with Crippen molar-refractivity contribution in [1.29, 1.82) is 0 Å². The highest BCUT2D eigenvalue weighted by molar-refractivity contribution is 7.00. The van der Waals surface area contributed by atoms with Gasteiger partial charge in [-0.25, -0.2) is 0 Å². The van der Waals surface area contributed by atoms with Crippen molar-refractivity contribution in [3.63, 3.8) is 0 Å². The number of hydrogen-bond donors (Lipinski definition) is 0. The Kier molecular flexibility index (Phi) is 8.59. The molecule has 2 fully saturated rings. The Balaban J connectivity index is 1.49. The molecule has 0 aromatic heterocycles. The number of benzene rings is 4. The van der Waals surface area contributed by atoms with Gasteiger partial charge in [0.15, 0.2) is 0 Å². The number of nitrogens with zero attached hydrogens (tertiary/aromatic N) is 2. The number of rotatable bonds is 6. The lowest BCUT2D eigenvalue weighted by Crippen LogP contribution is -2.63. The van der Waals surface area contributed by atoms with E-state index in [1.54, 1.807) is 0 Å². The van der Waals surface area contributed by atoms with Gasteiger partial charge in [-0.05, 0) is 141 Å². The fourth-order valence-corrected chi connectivity index (χ4v) is 10.9. The van der Waals surface area contributed by atoms with E-state index in [0.717, 1.165) is 11.8 Å². The lowest BCUT2D eigenvalue weighted by atomic mass is 9.33. The van der Waals surface area contributed by atoms with Gasteiger partial charge in [-0.15, -0.1) is 0 Å². The van der Waals surface area contributed by atoms with Crippen molar-refractivity contribution in [2.75, 3.05) is 9.80 Å². The first-order chi connectivity index (χ1) is 24.5. The Hall–Kier alpha value is -3.46. The molecular formula is C49H63BN2. The summed E-state index contributed by atoms with van der Waals surface area (Å²) in [7, 11) is 0. The maximum atomic E-state index is 2.90. The van der Waals surface area contributed by atoms with Crippen molar-refractivity contribution in [2.24, 2.45) is 23.7 Å². The molecule has 3 atom stereocenters. The van der Waals surface area contributed by atoms with Crippen molar-refractivity contribution in [1.82, 2.24) is 0 Å². The largest absolute Gasteiger partial charge is 0.339 e. The van der Waals surface area contributed by atoms with Crippen LogP contribution in [0.15, 0.2) is 72.8 Å². The van der Waals surface area contributed by atoms with Crippen LogP contribution in [-0.2, 0) is 10.8 Å². The van der Waals surface area contributed by atoms with Crippen molar-refractivity contribution in [3.05, 3.63) is 95.1 Å². The van der Waals surface area contributed by atoms with Crippen molar-refractivity contribution >= 4 is 51.5 Å². The summed E-state index contributed by atoms with van der Waals surface area (Å²) >= 11 is 0. The lowest BCUT2D eigenvalue weighted by molar-refractivity contribution is 0.387. The molecule has 0 spiro atoms. The van der Waals surface area contributed by atoms with Gasteiger partial charge in [0.05, 0.1) is 0 Å². The minimum Gasteiger partial charge on any atom is -0.339 e. The van der Waals surface area contributed by atoms with Crippen LogP contribution in [0, 0.1) is 23.7 Å². The van der Waals surface area contributed by atoms with Crippen LogP contribution in [-0.4, -0.2) is 12.8 Å². The van der Waals surface area contributed by atoms with Gasteiger partial charge >= 0.3 is 0 Å². The van der Waals surface area contributed by atoms with Gasteiger partial charge in [-0.1, -0.05) is 126 Å². The Labute approximate surface area is 316 Å². The molecule has 2 aliphatic carbocycles. The maximum Gasteiger partial charge on any atom is 0.252 e. The van der Waals surface area contributed by atoms with Gasteiger partial charge < -0.3 is 9.80 Å². The summed E-state index contributed by atoms with van der Waals surface area (Å²) < 4.78 is 0. The predicted molar refractivity (Wildman–Crippen MR) is 228 cm³/mol. The van der Waals surface area contributed by atoms with E-state index in [4.69, 9.17) is 0 Å². The van der Waals surface area contributed by atoms with Gasteiger partial charge in [0, 0.05) is 34.5 Å². The quantitative estimate of drug-likeness (QED) is 0.164. The first-order valence-corrected chi connectivity index (χ1v) is 20.7. The fraction of sp³-hybridized carbons (Fsp3) is 0.510. The van der Waals surface area contributed by atoms with E-state index in [9.17, 15) is 0 Å². The van der Waals surface area contributed by atoms with Crippen molar-refractivity contribution in [2.45, 2.75) is 137 Å². The lowest BCUT2D eigenvalue weighted by Gasteiger charge is -2.48. The molecule has 8 rings (SSSR count). The smallest absolute Gasteiger partial charge is 0.252 e. The van der Waals surface area contributed by atoms with Gasteiger partial charge in [0.25, 0.3) is 6.71 Å². The van der Waals surface area contributed by atoms with E-state index in [1.807, 2.05) is 0 Å². The van der Waals surface area contributed by atoms with E-state index in [1.165, 1.54) is 92.8 Å². The highest BCUT2D eigenvalue weighted by atomic mass is 15.2. The molecule has 0 saturated heterocycles. The Bertz CT molecular complexity index is 1980. The number of anilines is 5. The highest BCUT2D eigenvalue weighted by Crippen LogP contribution is 2.52. The number of hydrogen-bond acceptors (Lipinski definition) is 2. The van der Waals surface area contributed by atoms with E-state index < -0.39 is 0 Å². The second kappa shape index (κ2) is 12.6. The van der Waals surface area contributed by atoms with E-state index >= 15 is 0 Å². The predicted octanol–water partition coefficient (Wildman–Crippen LogP) is 11.7. The zero-order chi connectivity index (χ0) is 37.0. The van der Waals surface area contributed by atoms with Crippen LogP contribution in [0.3, 0.4) is 0 Å². The Morgan fingerprint density at radius 2 is 1.17 bits per heavy atom. The second-order valence-electron chi connectivity index (χ2n) is 20.2. The van der Waals surface area contributed by atoms with Crippen LogP contribution >= 0.6 is 0 Å². The molecule has 3 unspecified atom stereocenters. The second-order valence-corrected chi connectivity index (χ2v) is 20.2. The molecule has 2 aliphatic heterocycles. The summed E-state index contributed by atoms with van der Waals surface area (Å²) in [6.45, 7) is 28.7. The zero-order valence-corrected chi connectivity index (χ0v) is 34.3. The topological polar surface area (TPSA) is 6.48 Å². The molecule has 4 aliphatic rings. The van der Waals surface area contributed by atoms with Gasteiger partial charge in [0.2, 0.25) is 0 Å². The summed E-state index contributed by atoms with van der Waals surface area (Å²) in [5.41, 5.74) is 17.2. The normalized spacial score (nSPS) is 20.8. The van der Waals surface area contributed by atoms with Crippen LogP contribution in [0.4, 0.5) is 28.4 Å². The average Bonchev–Trinajstić information content (AvgIpc) is 3.71. The molecular weight excluding hydrogens is 627 g/mol. The van der Waals surface area contributed by atoms with Crippen LogP contribution in [0.5, 0.6) is 0 Å². The summed E-state index contributed by atoms with van der Waals surface area (Å²) in [5.74, 6) is 3.71. The minimum absolute atomic E-state index is 0.0490. The van der Waals surface area contributed by atoms with Crippen LogP contribution < -0.4 is 26.2 Å². The first-order valence-electron chi connectivity index (χ1n) is 20.7. The maximum absolute atomic E-state index is 2.90. The molecule has 0 N–H and O–H groups in total. The SMILES string of the molecule is CC(C)c1ccc(N2c3ccc(C(C)(C)C)cc3B3c4cc(C(C)(C)C)ccc4N(C4CC5CCC4C5)c4cc(C(C(C)C)C(C)C)cc2c43)cc1. The molecule has 2 nitrogen and oxygen atoms in total. The molecule has 0 amide bonds. The monoisotopic (exact) mass is 691 g/mol. The van der Waals surface area contributed by atoms with Crippen LogP contribution in [0.1, 0.15) is 143 Å². The molecule has 272 valence electrons. The molecule has 4 aromatic rings. The third-order valence-electron chi connectivity index (χ3n) is 13.5. The van der Waals surface area contributed by atoms with Crippen LogP contribution in [0.2, 0.25) is 0 Å². The third kappa shape index (κ3) is 5.75. The molecule has 2 saturated carbocycles. The first kappa shape index (κ1) is 35.6. The van der Waals surface area contributed by atoms with Crippen molar-refractivity contribution < 1.29 is 0 Å². The summed E-state index contributed by atoms with van der Waals surface area (Å²) in [4.78, 5) is 5.56. The fourth-order valence-electron chi connectivity index (χ4n) is 10.9. The molecule has 4 aromatic carbocycles. The molecule has 2 heterocycles. The van der Waals surface area contributed by atoms with E-state index in [-0.39, 0.29) is 17.5 Å². The highest BCUT2D eigenvalue weighted by Gasteiger charge is 2.49. The van der Waals surface area contributed by atoms with Crippen LogP contribution in [0.25, 0.3) is 0 Å². The Morgan fingerprint density at radius 1 is 0.596 bits per heavy atom. The zero-order valence-electron chi connectivity index (χ0n) is 34.3. The van der Waals surface area contributed by atoms with E-state index in [0.29, 0.717) is 29.7 Å². The summed E-state index contributed by atoms with van der Waals surface area (Å²) in [6.07, 6.45) is 5.50. The van der Waals surface area contributed by atoms with Gasteiger partial charge in [-0.3, -0.25) is 0 Å². The van der Waals surface area contributed by atoms with Gasteiger partial charge in [-0.2, -0.15) is 0 Å². The minimum atomic E-state index is 0.0490. The van der Waals surface area contributed by atoms with Crippen molar-refractivity contribution in [3.8, 4) is 0 Å². The average molecular weight is 691 g/mol. The number of fused-ring (bicyclic) bond motifs is 6. The molecule has 0 radical (unpaired) electrons. The Morgan fingerprint density at radius 3 is 1.69 bits per heavy atom. The summed E-state index contributed by atoms with van der Waals surface area (Å²) in [6, 6.07) is 30.4. The molecule has 2 bridgehead atoms. The molecule has 52 heavy (non-hydrogen) atoms.